The van der Waals surface area contributed by atoms with Crippen LogP contribution in [-0.2, 0) is 6.54 Å². The van der Waals surface area contributed by atoms with Gasteiger partial charge in [0.05, 0.1) is 13.2 Å². The van der Waals surface area contributed by atoms with Crippen molar-refractivity contribution in [2.45, 2.75) is 26.4 Å². The van der Waals surface area contributed by atoms with Crippen molar-refractivity contribution in [1.82, 2.24) is 20.1 Å². The number of amides is 1. The third kappa shape index (κ3) is 3.57. The maximum absolute atomic E-state index is 12.2. The summed E-state index contributed by atoms with van der Waals surface area (Å²) in [7, 11) is 0. The van der Waals surface area contributed by atoms with Gasteiger partial charge in [-0.3, -0.25) is 9.48 Å². The molecule has 106 valence electrons. The first-order valence-corrected chi connectivity index (χ1v) is 6.56. The first kappa shape index (κ1) is 14.0. The third-order valence-corrected chi connectivity index (χ3v) is 2.69. The molecule has 6 nitrogen and oxygen atoms in total. The molecule has 1 atom stereocenters. The molecule has 0 saturated heterocycles. The van der Waals surface area contributed by atoms with Gasteiger partial charge in [0.1, 0.15) is 5.56 Å². The van der Waals surface area contributed by atoms with Crippen LogP contribution >= 0.6 is 0 Å². The smallest absolute Gasteiger partial charge is 0.257 e. The van der Waals surface area contributed by atoms with Gasteiger partial charge in [-0.15, -0.1) is 0 Å². The molecule has 0 aliphatic rings. The number of carbonyl (C=O) groups excluding carboxylic acids is 1. The molecule has 2 rings (SSSR count). The molecular formula is C14H18N4O2. The van der Waals surface area contributed by atoms with Gasteiger partial charge in [-0.2, -0.15) is 5.10 Å². The molecule has 0 aromatic carbocycles. The molecular weight excluding hydrogens is 256 g/mol. The molecule has 0 spiro atoms. The molecule has 2 aromatic rings. The van der Waals surface area contributed by atoms with Crippen LogP contribution in [0.25, 0.3) is 0 Å². The summed E-state index contributed by atoms with van der Waals surface area (Å²) < 4.78 is 7.13. The molecule has 0 aliphatic heterocycles. The highest BCUT2D eigenvalue weighted by atomic mass is 16.5. The van der Waals surface area contributed by atoms with Crippen LogP contribution < -0.4 is 10.1 Å². The van der Waals surface area contributed by atoms with E-state index in [1.54, 1.807) is 29.2 Å². The summed E-state index contributed by atoms with van der Waals surface area (Å²) in [5.74, 6) is 0.167. The van der Waals surface area contributed by atoms with Gasteiger partial charge in [-0.05, 0) is 32.0 Å². The number of hydrogen-bond acceptors (Lipinski definition) is 4. The standard InChI is InChI=1S/C14H18N4O2/c1-3-20-14-12(6-4-7-15-14)13(19)17-11(2)10-18-9-5-8-16-18/h4-9,11H,3,10H2,1-2H3,(H,17,19). The fraction of sp³-hybridized carbons (Fsp3) is 0.357. The van der Waals surface area contributed by atoms with Crippen molar-refractivity contribution in [3.8, 4) is 5.88 Å². The van der Waals surface area contributed by atoms with E-state index in [-0.39, 0.29) is 11.9 Å². The number of nitrogens with zero attached hydrogens (tertiary/aromatic N) is 3. The van der Waals surface area contributed by atoms with Crippen LogP contribution in [0.1, 0.15) is 24.2 Å². The fourth-order valence-electron chi connectivity index (χ4n) is 1.85. The zero-order chi connectivity index (χ0) is 14.4. The molecule has 6 heteroatoms. The van der Waals surface area contributed by atoms with E-state index in [2.05, 4.69) is 15.4 Å². The predicted octanol–water partition coefficient (Wildman–Crippen LogP) is 1.50. The largest absolute Gasteiger partial charge is 0.477 e. The Labute approximate surface area is 117 Å². The summed E-state index contributed by atoms with van der Waals surface area (Å²) in [5.41, 5.74) is 0.446. The molecule has 2 aromatic heterocycles. The lowest BCUT2D eigenvalue weighted by atomic mass is 10.2. The maximum atomic E-state index is 12.2. The predicted molar refractivity (Wildman–Crippen MR) is 74.6 cm³/mol. The van der Waals surface area contributed by atoms with Gasteiger partial charge >= 0.3 is 0 Å². The maximum Gasteiger partial charge on any atom is 0.257 e. The van der Waals surface area contributed by atoms with E-state index < -0.39 is 0 Å². The highest BCUT2D eigenvalue weighted by molar-refractivity contribution is 5.96. The summed E-state index contributed by atoms with van der Waals surface area (Å²) in [6, 6.07) is 5.23. The van der Waals surface area contributed by atoms with Crippen LogP contribution in [0.15, 0.2) is 36.8 Å². The Morgan fingerprint density at radius 3 is 3.00 bits per heavy atom. The van der Waals surface area contributed by atoms with Crippen molar-refractivity contribution in [2.75, 3.05) is 6.61 Å². The van der Waals surface area contributed by atoms with Crippen molar-refractivity contribution in [2.24, 2.45) is 0 Å². The van der Waals surface area contributed by atoms with Gasteiger partial charge in [0.2, 0.25) is 5.88 Å². The number of ether oxygens (including phenoxy) is 1. The van der Waals surface area contributed by atoms with E-state index in [9.17, 15) is 4.79 Å². The molecule has 0 fully saturated rings. The Hall–Kier alpha value is -2.37. The van der Waals surface area contributed by atoms with Crippen LogP contribution in [0.5, 0.6) is 5.88 Å². The number of hydrogen-bond donors (Lipinski definition) is 1. The van der Waals surface area contributed by atoms with E-state index in [4.69, 9.17) is 4.74 Å². The molecule has 0 radical (unpaired) electrons. The van der Waals surface area contributed by atoms with E-state index in [1.807, 2.05) is 26.1 Å². The lowest BCUT2D eigenvalue weighted by Gasteiger charge is -2.15. The van der Waals surface area contributed by atoms with E-state index >= 15 is 0 Å². The Morgan fingerprint density at radius 1 is 1.45 bits per heavy atom. The zero-order valence-corrected chi connectivity index (χ0v) is 11.6. The second-order valence-electron chi connectivity index (χ2n) is 4.39. The van der Waals surface area contributed by atoms with Crippen molar-refractivity contribution < 1.29 is 9.53 Å². The van der Waals surface area contributed by atoms with Gasteiger partial charge in [0, 0.05) is 24.6 Å². The summed E-state index contributed by atoms with van der Waals surface area (Å²) in [4.78, 5) is 16.3. The summed E-state index contributed by atoms with van der Waals surface area (Å²) in [6.07, 6.45) is 5.18. The van der Waals surface area contributed by atoms with E-state index in [0.29, 0.717) is 24.6 Å². The Bertz CT molecular complexity index is 554. The molecule has 1 N–H and O–H groups in total. The summed E-state index contributed by atoms with van der Waals surface area (Å²) in [5, 5.41) is 7.03. The summed E-state index contributed by atoms with van der Waals surface area (Å²) >= 11 is 0. The Morgan fingerprint density at radius 2 is 2.30 bits per heavy atom. The normalized spacial score (nSPS) is 11.9. The SMILES string of the molecule is CCOc1ncccc1C(=O)NC(C)Cn1cccn1. The van der Waals surface area contributed by atoms with Gasteiger partial charge in [-0.25, -0.2) is 4.98 Å². The molecule has 0 saturated carbocycles. The van der Waals surface area contributed by atoms with Crippen molar-refractivity contribution in [3.05, 3.63) is 42.4 Å². The highest BCUT2D eigenvalue weighted by Gasteiger charge is 2.15. The quantitative estimate of drug-likeness (QED) is 0.866. The van der Waals surface area contributed by atoms with Crippen molar-refractivity contribution >= 4 is 5.91 Å². The second-order valence-corrected chi connectivity index (χ2v) is 4.39. The number of aromatic nitrogens is 3. The number of carbonyl (C=O) groups is 1. The van der Waals surface area contributed by atoms with Gasteiger partial charge in [0.15, 0.2) is 0 Å². The topological polar surface area (TPSA) is 69.0 Å². The molecule has 20 heavy (non-hydrogen) atoms. The van der Waals surface area contributed by atoms with Crippen molar-refractivity contribution in [3.63, 3.8) is 0 Å². The lowest BCUT2D eigenvalue weighted by molar-refractivity contribution is 0.0931. The minimum Gasteiger partial charge on any atom is -0.477 e. The molecule has 1 amide bonds. The molecule has 2 heterocycles. The lowest BCUT2D eigenvalue weighted by Crippen LogP contribution is -2.36. The number of pyridine rings is 1. The molecule has 1 unspecified atom stereocenters. The highest BCUT2D eigenvalue weighted by Crippen LogP contribution is 2.14. The van der Waals surface area contributed by atoms with Gasteiger partial charge in [0.25, 0.3) is 5.91 Å². The van der Waals surface area contributed by atoms with E-state index in [0.717, 1.165) is 0 Å². The Kier molecular flexibility index (Phi) is 4.70. The summed E-state index contributed by atoms with van der Waals surface area (Å²) in [6.45, 7) is 4.87. The van der Waals surface area contributed by atoms with Crippen LogP contribution in [0.4, 0.5) is 0 Å². The number of nitrogens with one attached hydrogen (secondary N) is 1. The average Bonchev–Trinajstić information content (AvgIpc) is 2.92. The monoisotopic (exact) mass is 274 g/mol. The fourth-order valence-corrected chi connectivity index (χ4v) is 1.85. The zero-order valence-electron chi connectivity index (χ0n) is 11.6. The van der Waals surface area contributed by atoms with E-state index in [1.165, 1.54) is 0 Å². The second kappa shape index (κ2) is 6.70. The molecule has 0 bridgehead atoms. The molecule has 0 aliphatic carbocycles. The first-order valence-electron chi connectivity index (χ1n) is 6.56. The van der Waals surface area contributed by atoms with Gasteiger partial charge in [-0.1, -0.05) is 0 Å². The number of rotatable bonds is 6. The van der Waals surface area contributed by atoms with Crippen molar-refractivity contribution in [1.29, 1.82) is 0 Å². The van der Waals surface area contributed by atoms with Crippen LogP contribution in [0.3, 0.4) is 0 Å². The Balaban J connectivity index is 2.00. The van der Waals surface area contributed by atoms with Crippen LogP contribution in [-0.4, -0.2) is 33.3 Å². The van der Waals surface area contributed by atoms with Gasteiger partial charge < -0.3 is 10.1 Å². The minimum absolute atomic E-state index is 0.0444. The first-order chi connectivity index (χ1) is 9.70. The van der Waals surface area contributed by atoms with Crippen LogP contribution in [0, 0.1) is 0 Å². The average molecular weight is 274 g/mol. The minimum atomic E-state index is -0.193. The third-order valence-electron chi connectivity index (χ3n) is 2.69. The van der Waals surface area contributed by atoms with Crippen LogP contribution in [0.2, 0.25) is 0 Å².